The van der Waals surface area contributed by atoms with Crippen LogP contribution < -0.4 is 19.5 Å². The molecule has 2 aromatic carbocycles. The zero-order valence-corrected chi connectivity index (χ0v) is 18.8. The van der Waals surface area contributed by atoms with Gasteiger partial charge in [-0.05, 0) is 50.2 Å². The van der Waals surface area contributed by atoms with Crippen molar-refractivity contribution in [3.8, 4) is 11.5 Å². The number of carbonyl (C=O) groups excluding carboxylic acids is 1. The molecule has 0 saturated heterocycles. The molecule has 10 heteroatoms. The van der Waals surface area contributed by atoms with Crippen molar-refractivity contribution in [3.05, 3.63) is 59.4 Å². The van der Waals surface area contributed by atoms with Crippen LogP contribution in [0.25, 0.3) is 0 Å². The Labute approximate surface area is 186 Å². The molecule has 0 fully saturated rings. The number of carbonyl (C=O) groups is 1. The number of anilines is 2. The summed E-state index contributed by atoms with van der Waals surface area (Å²) >= 11 is 0. The standard InChI is InChI=1S/C22H24N4O5S/c1-14-19(15(2)26(3)24-14)13-22(27)23-16-4-6-17(7-5-16)25-32(28,29)18-8-9-20-21(12-18)31-11-10-30-20/h4-9,12,25H,10-11,13H2,1-3H3,(H,23,27). The molecule has 4 rings (SSSR count). The van der Waals surface area contributed by atoms with Crippen molar-refractivity contribution >= 4 is 27.3 Å². The molecule has 1 aromatic heterocycles. The number of sulfonamides is 1. The molecule has 1 amide bonds. The van der Waals surface area contributed by atoms with E-state index in [4.69, 9.17) is 9.47 Å². The molecule has 0 unspecified atom stereocenters. The first kappa shape index (κ1) is 21.7. The summed E-state index contributed by atoms with van der Waals surface area (Å²) in [6, 6.07) is 10.9. The van der Waals surface area contributed by atoms with Crippen molar-refractivity contribution in [3.63, 3.8) is 0 Å². The SMILES string of the molecule is Cc1nn(C)c(C)c1CC(=O)Nc1ccc(NS(=O)(=O)c2ccc3c(c2)OCCO3)cc1. The lowest BCUT2D eigenvalue weighted by Crippen LogP contribution is -2.17. The van der Waals surface area contributed by atoms with Crippen LogP contribution in [0.15, 0.2) is 47.4 Å². The maximum atomic E-state index is 12.7. The zero-order chi connectivity index (χ0) is 22.9. The third-order valence-electron chi connectivity index (χ3n) is 5.24. The van der Waals surface area contributed by atoms with Crippen LogP contribution in [0.3, 0.4) is 0 Å². The topological polar surface area (TPSA) is 112 Å². The van der Waals surface area contributed by atoms with Gasteiger partial charge in [-0.15, -0.1) is 0 Å². The van der Waals surface area contributed by atoms with Gasteiger partial charge in [-0.2, -0.15) is 5.10 Å². The van der Waals surface area contributed by atoms with Gasteiger partial charge in [0.05, 0.1) is 17.0 Å². The maximum absolute atomic E-state index is 12.7. The van der Waals surface area contributed by atoms with Gasteiger partial charge in [0, 0.05) is 35.7 Å². The van der Waals surface area contributed by atoms with E-state index in [1.54, 1.807) is 35.0 Å². The van der Waals surface area contributed by atoms with Crippen LogP contribution in [0, 0.1) is 13.8 Å². The van der Waals surface area contributed by atoms with E-state index in [0.717, 1.165) is 17.0 Å². The maximum Gasteiger partial charge on any atom is 0.262 e. The number of fused-ring (bicyclic) bond motifs is 1. The smallest absolute Gasteiger partial charge is 0.262 e. The van der Waals surface area contributed by atoms with Gasteiger partial charge in [0.2, 0.25) is 5.91 Å². The molecule has 0 atom stereocenters. The lowest BCUT2D eigenvalue weighted by atomic mass is 10.1. The largest absolute Gasteiger partial charge is 0.486 e. The third kappa shape index (κ3) is 4.54. The van der Waals surface area contributed by atoms with E-state index in [2.05, 4.69) is 15.1 Å². The predicted molar refractivity (Wildman–Crippen MR) is 120 cm³/mol. The molecule has 0 spiro atoms. The number of nitrogens with zero attached hydrogens (tertiary/aromatic N) is 2. The molecule has 0 radical (unpaired) electrons. The number of rotatable bonds is 6. The van der Waals surface area contributed by atoms with Gasteiger partial charge in [-0.1, -0.05) is 0 Å². The van der Waals surface area contributed by atoms with Crippen LogP contribution >= 0.6 is 0 Å². The zero-order valence-electron chi connectivity index (χ0n) is 18.0. The van der Waals surface area contributed by atoms with Crippen molar-refractivity contribution in [2.24, 2.45) is 7.05 Å². The first-order valence-corrected chi connectivity index (χ1v) is 11.5. The summed E-state index contributed by atoms with van der Waals surface area (Å²) in [4.78, 5) is 12.5. The van der Waals surface area contributed by atoms with Crippen LogP contribution in [0.4, 0.5) is 11.4 Å². The molecule has 32 heavy (non-hydrogen) atoms. The van der Waals surface area contributed by atoms with Crippen LogP contribution in [0.1, 0.15) is 17.0 Å². The van der Waals surface area contributed by atoms with Crippen LogP contribution in [0.2, 0.25) is 0 Å². The molecule has 1 aliphatic heterocycles. The molecule has 2 N–H and O–H groups in total. The van der Waals surface area contributed by atoms with Crippen molar-refractivity contribution in [1.29, 1.82) is 0 Å². The third-order valence-corrected chi connectivity index (χ3v) is 6.62. The Morgan fingerprint density at radius 2 is 1.69 bits per heavy atom. The van der Waals surface area contributed by atoms with Gasteiger partial charge in [0.25, 0.3) is 10.0 Å². The Bertz CT molecular complexity index is 1270. The fourth-order valence-corrected chi connectivity index (χ4v) is 4.54. The average molecular weight is 457 g/mol. The number of hydrogen-bond donors (Lipinski definition) is 2. The van der Waals surface area contributed by atoms with E-state index >= 15 is 0 Å². The summed E-state index contributed by atoms with van der Waals surface area (Å²) in [5, 5.41) is 7.15. The summed E-state index contributed by atoms with van der Waals surface area (Å²) < 4.78 is 40.6. The first-order chi connectivity index (χ1) is 15.2. The molecule has 0 saturated carbocycles. The van der Waals surface area contributed by atoms with Crippen LogP contribution in [0.5, 0.6) is 11.5 Å². The van der Waals surface area contributed by atoms with Gasteiger partial charge in [0.15, 0.2) is 11.5 Å². The van der Waals surface area contributed by atoms with E-state index in [0.29, 0.717) is 36.1 Å². The van der Waals surface area contributed by atoms with E-state index < -0.39 is 10.0 Å². The Balaban J connectivity index is 1.41. The Morgan fingerprint density at radius 3 is 2.34 bits per heavy atom. The minimum Gasteiger partial charge on any atom is -0.486 e. The van der Waals surface area contributed by atoms with E-state index in [9.17, 15) is 13.2 Å². The summed E-state index contributed by atoms with van der Waals surface area (Å²) in [5.41, 5.74) is 3.60. The number of aryl methyl sites for hydroxylation is 2. The molecule has 168 valence electrons. The van der Waals surface area contributed by atoms with Gasteiger partial charge in [-0.3, -0.25) is 14.2 Å². The van der Waals surface area contributed by atoms with E-state index in [-0.39, 0.29) is 17.2 Å². The van der Waals surface area contributed by atoms with Gasteiger partial charge in [0.1, 0.15) is 13.2 Å². The van der Waals surface area contributed by atoms with Crippen molar-refractivity contribution in [2.75, 3.05) is 23.3 Å². The second-order valence-electron chi connectivity index (χ2n) is 7.49. The molecule has 3 aromatic rings. The summed E-state index contributed by atoms with van der Waals surface area (Å²) in [7, 11) is -1.97. The molecule has 0 bridgehead atoms. The van der Waals surface area contributed by atoms with Crippen LogP contribution in [-0.4, -0.2) is 37.3 Å². The molecular formula is C22H24N4O5S. The minimum atomic E-state index is -3.81. The Morgan fingerprint density at radius 1 is 1.03 bits per heavy atom. The summed E-state index contributed by atoms with van der Waals surface area (Å²) in [5.74, 6) is 0.747. The lowest BCUT2D eigenvalue weighted by Gasteiger charge is -2.19. The average Bonchev–Trinajstić information content (AvgIpc) is 3.00. The van der Waals surface area contributed by atoms with Crippen molar-refractivity contribution in [2.45, 2.75) is 25.2 Å². The van der Waals surface area contributed by atoms with Crippen LogP contribution in [-0.2, 0) is 28.3 Å². The number of hydrogen-bond acceptors (Lipinski definition) is 6. The molecular weight excluding hydrogens is 432 g/mol. The molecule has 1 aliphatic rings. The minimum absolute atomic E-state index is 0.0707. The second-order valence-corrected chi connectivity index (χ2v) is 9.17. The monoisotopic (exact) mass is 456 g/mol. The van der Waals surface area contributed by atoms with Gasteiger partial charge < -0.3 is 14.8 Å². The first-order valence-electron chi connectivity index (χ1n) is 10.0. The Kier molecular flexibility index (Phi) is 5.79. The summed E-state index contributed by atoms with van der Waals surface area (Å²) in [6.45, 7) is 4.60. The quantitative estimate of drug-likeness (QED) is 0.590. The van der Waals surface area contributed by atoms with Gasteiger partial charge in [-0.25, -0.2) is 8.42 Å². The molecule has 2 heterocycles. The van der Waals surface area contributed by atoms with Crippen molar-refractivity contribution < 1.29 is 22.7 Å². The number of benzene rings is 2. The number of nitrogens with one attached hydrogen (secondary N) is 2. The lowest BCUT2D eigenvalue weighted by molar-refractivity contribution is -0.115. The highest BCUT2D eigenvalue weighted by molar-refractivity contribution is 7.92. The molecule has 9 nitrogen and oxygen atoms in total. The highest BCUT2D eigenvalue weighted by Crippen LogP contribution is 2.32. The highest BCUT2D eigenvalue weighted by Gasteiger charge is 2.20. The number of aromatic nitrogens is 2. The number of ether oxygens (including phenoxy) is 2. The number of amides is 1. The molecule has 0 aliphatic carbocycles. The normalized spacial score (nSPS) is 13.0. The fraction of sp³-hybridized carbons (Fsp3) is 0.273. The second kappa shape index (κ2) is 8.54. The van der Waals surface area contributed by atoms with E-state index in [1.807, 2.05) is 20.9 Å². The predicted octanol–water partition coefficient (Wildman–Crippen LogP) is 2.79. The van der Waals surface area contributed by atoms with Gasteiger partial charge >= 0.3 is 0 Å². The summed E-state index contributed by atoms with van der Waals surface area (Å²) in [6.07, 6.45) is 0.212. The fourth-order valence-electron chi connectivity index (χ4n) is 3.47. The Hall–Kier alpha value is -3.53. The van der Waals surface area contributed by atoms with E-state index in [1.165, 1.54) is 12.1 Å². The highest BCUT2D eigenvalue weighted by atomic mass is 32.2. The van der Waals surface area contributed by atoms with Crippen molar-refractivity contribution in [1.82, 2.24) is 9.78 Å².